The van der Waals surface area contributed by atoms with Crippen LogP contribution in [-0.4, -0.2) is 52.8 Å². The zero-order valence-electron chi connectivity index (χ0n) is 14.3. The van der Waals surface area contributed by atoms with E-state index in [9.17, 15) is 14.9 Å². The molecule has 1 amide bonds. The van der Waals surface area contributed by atoms with E-state index in [0.29, 0.717) is 30.3 Å². The number of benzene rings is 1. The minimum atomic E-state index is -0.584. The van der Waals surface area contributed by atoms with E-state index < -0.39 is 10.8 Å². The van der Waals surface area contributed by atoms with Crippen LogP contribution in [0.4, 0.5) is 11.5 Å². The minimum absolute atomic E-state index is 0.255. The zero-order valence-corrected chi connectivity index (χ0v) is 15.9. The van der Waals surface area contributed by atoms with Gasteiger partial charge in [-0.15, -0.1) is 4.68 Å². The fraction of sp³-hybridized carbons (Fsp3) is 0.250. The normalized spacial score (nSPS) is 10.6. The van der Waals surface area contributed by atoms with Crippen molar-refractivity contribution in [1.29, 1.82) is 0 Å². The van der Waals surface area contributed by atoms with Crippen molar-refractivity contribution in [3.05, 3.63) is 51.6 Å². The van der Waals surface area contributed by atoms with E-state index in [1.165, 1.54) is 10.9 Å². The fourth-order valence-corrected chi connectivity index (χ4v) is 2.42. The van der Waals surface area contributed by atoms with Gasteiger partial charge in [0.15, 0.2) is 0 Å². The van der Waals surface area contributed by atoms with Gasteiger partial charge in [-0.1, -0.05) is 6.58 Å². The van der Waals surface area contributed by atoms with Crippen LogP contribution in [0.15, 0.2) is 41.5 Å². The summed E-state index contributed by atoms with van der Waals surface area (Å²) >= 11 is 3.11. The van der Waals surface area contributed by atoms with Gasteiger partial charge in [-0.3, -0.25) is 4.79 Å². The second-order valence-electron chi connectivity index (χ2n) is 5.53. The summed E-state index contributed by atoms with van der Waals surface area (Å²) in [5, 5.41) is 17.5. The Labute approximate surface area is 158 Å². The second-order valence-corrected chi connectivity index (χ2v) is 6.38. The molecule has 1 aromatic heterocycles. The molecular weight excluding hydrogens is 406 g/mol. The number of likely N-dealkylation sites (N-methyl/N-ethyl adjacent to an activating group) is 1. The Morgan fingerprint density at radius 2 is 2.27 bits per heavy atom. The molecule has 1 heterocycles. The number of nitro groups is 1. The molecular formula is C16H18BrN5O4. The van der Waals surface area contributed by atoms with Gasteiger partial charge in [-0.2, -0.15) is 0 Å². The van der Waals surface area contributed by atoms with E-state index in [4.69, 9.17) is 4.74 Å². The average molecular weight is 424 g/mol. The first-order valence-corrected chi connectivity index (χ1v) is 8.36. The predicted molar refractivity (Wildman–Crippen MR) is 101 cm³/mol. The lowest BCUT2D eigenvalue weighted by Gasteiger charge is -2.15. The number of carbonyl (C=O) groups is 1. The number of nitrogens with zero attached hydrogens (tertiary/aromatic N) is 4. The Bertz CT molecular complexity index is 834. The van der Waals surface area contributed by atoms with Crippen molar-refractivity contribution in [2.45, 2.75) is 0 Å². The molecule has 2 rings (SSSR count). The average Bonchev–Trinajstić information content (AvgIpc) is 2.97. The van der Waals surface area contributed by atoms with Crippen molar-refractivity contribution in [3.8, 4) is 11.4 Å². The Morgan fingerprint density at radius 1 is 1.54 bits per heavy atom. The standard InChI is InChI=1S/C16H18BrN5O4/c1-4-15(23)18-13-9-11(5-6-14(13)26-8-7-20(2)3)21-10-12(17)16(19-21)22(24)25/h4-6,9-10H,1,7-8H2,2-3H3,(H,18,23). The number of amides is 1. The van der Waals surface area contributed by atoms with Crippen molar-refractivity contribution >= 4 is 33.3 Å². The molecule has 0 bridgehead atoms. The maximum atomic E-state index is 11.7. The molecule has 9 nitrogen and oxygen atoms in total. The van der Waals surface area contributed by atoms with Crippen molar-refractivity contribution in [1.82, 2.24) is 14.7 Å². The highest BCUT2D eigenvalue weighted by Gasteiger charge is 2.20. The minimum Gasteiger partial charge on any atom is -0.490 e. The van der Waals surface area contributed by atoms with Crippen LogP contribution in [0.1, 0.15) is 0 Å². The number of hydrogen-bond acceptors (Lipinski definition) is 6. The van der Waals surface area contributed by atoms with E-state index in [1.807, 2.05) is 19.0 Å². The molecule has 10 heteroatoms. The number of anilines is 1. The van der Waals surface area contributed by atoms with E-state index in [0.717, 1.165) is 6.08 Å². The Morgan fingerprint density at radius 3 is 2.85 bits per heavy atom. The molecule has 1 N–H and O–H groups in total. The van der Waals surface area contributed by atoms with E-state index in [1.54, 1.807) is 18.2 Å². The first-order chi connectivity index (χ1) is 12.3. The lowest BCUT2D eigenvalue weighted by Crippen LogP contribution is -2.20. The monoisotopic (exact) mass is 423 g/mol. The smallest absolute Gasteiger partial charge is 0.404 e. The number of nitrogens with one attached hydrogen (secondary N) is 1. The molecule has 0 fully saturated rings. The summed E-state index contributed by atoms with van der Waals surface area (Å²) in [5.74, 6) is -0.216. The van der Waals surface area contributed by atoms with Crippen LogP contribution in [0.25, 0.3) is 5.69 Å². The van der Waals surface area contributed by atoms with Crippen LogP contribution in [0, 0.1) is 10.1 Å². The van der Waals surface area contributed by atoms with Gasteiger partial charge >= 0.3 is 5.82 Å². The third kappa shape index (κ3) is 4.90. The SMILES string of the molecule is C=CC(=O)Nc1cc(-n2cc(Br)c([N+](=O)[O-])n2)ccc1OCCN(C)C. The number of rotatable bonds is 8. The molecule has 0 aliphatic carbocycles. The third-order valence-electron chi connectivity index (χ3n) is 3.29. The fourth-order valence-electron chi connectivity index (χ4n) is 2.01. The lowest BCUT2D eigenvalue weighted by atomic mass is 10.2. The molecule has 2 aromatic rings. The lowest BCUT2D eigenvalue weighted by molar-refractivity contribution is -0.390. The van der Waals surface area contributed by atoms with Crippen molar-refractivity contribution in [3.63, 3.8) is 0 Å². The highest BCUT2D eigenvalue weighted by molar-refractivity contribution is 9.10. The molecule has 0 atom stereocenters. The van der Waals surface area contributed by atoms with Crippen LogP contribution in [-0.2, 0) is 4.79 Å². The van der Waals surface area contributed by atoms with Crippen LogP contribution in [0.5, 0.6) is 5.75 Å². The molecule has 0 saturated heterocycles. The highest BCUT2D eigenvalue weighted by atomic mass is 79.9. The third-order valence-corrected chi connectivity index (χ3v) is 3.85. The quantitative estimate of drug-likeness (QED) is 0.397. The van der Waals surface area contributed by atoms with Crippen LogP contribution < -0.4 is 10.1 Å². The first kappa shape index (κ1) is 19.6. The molecule has 26 heavy (non-hydrogen) atoms. The summed E-state index contributed by atoms with van der Waals surface area (Å²) in [4.78, 5) is 24.0. The molecule has 0 radical (unpaired) electrons. The van der Waals surface area contributed by atoms with Gasteiger partial charge in [0.2, 0.25) is 5.91 Å². The molecule has 0 unspecified atom stereocenters. The molecule has 0 aliphatic rings. The predicted octanol–water partition coefficient (Wildman–Crippen LogP) is 2.61. The van der Waals surface area contributed by atoms with Crippen LogP contribution in [0.3, 0.4) is 0 Å². The van der Waals surface area contributed by atoms with Gasteiger partial charge < -0.3 is 25.1 Å². The van der Waals surface area contributed by atoms with Gasteiger partial charge in [0.1, 0.15) is 16.8 Å². The van der Waals surface area contributed by atoms with Gasteiger partial charge in [-0.25, -0.2) is 0 Å². The second kappa shape index (κ2) is 8.59. The Kier molecular flexibility index (Phi) is 6.47. The highest BCUT2D eigenvalue weighted by Crippen LogP contribution is 2.30. The van der Waals surface area contributed by atoms with E-state index in [-0.39, 0.29) is 10.3 Å². The van der Waals surface area contributed by atoms with Crippen molar-refractivity contribution in [2.75, 3.05) is 32.6 Å². The molecule has 0 spiro atoms. The molecule has 0 saturated carbocycles. The molecule has 0 aliphatic heterocycles. The Balaban J connectivity index is 2.35. The topological polar surface area (TPSA) is 103 Å². The number of carbonyl (C=O) groups excluding carboxylic acids is 1. The largest absolute Gasteiger partial charge is 0.490 e. The van der Waals surface area contributed by atoms with Gasteiger partial charge in [-0.05, 0) is 59.2 Å². The molecule has 1 aromatic carbocycles. The maximum Gasteiger partial charge on any atom is 0.404 e. The van der Waals surface area contributed by atoms with Gasteiger partial charge in [0, 0.05) is 6.54 Å². The first-order valence-electron chi connectivity index (χ1n) is 7.56. The summed E-state index contributed by atoms with van der Waals surface area (Å²) in [5.41, 5.74) is 0.943. The number of hydrogen-bond donors (Lipinski definition) is 1. The summed E-state index contributed by atoms with van der Waals surface area (Å²) in [6, 6.07) is 4.98. The van der Waals surface area contributed by atoms with E-state index >= 15 is 0 Å². The number of aromatic nitrogens is 2. The maximum absolute atomic E-state index is 11.7. The van der Waals surface area contributed by atoms with Crippen LogP contribution >= 0.6 is 15.9 Å². The summed E-state index contributed by atoms with van der Waals surface area (Å²) in [6.45, 7) is 4.56. The van der Waals surface area contributed by atoms with E-state index in [2.05, 4.69) is 32.9 Å². The zero-order chi connectivity index (χ0) is 19.3. The van der Waals surface area contributed by atoms with Crippen molar-refractivity contribution in [2.24, 2.45) is 0 Å². The summed E-state index contributed by atoms with van der Waals surface area (Å²) < 4.78 is 7.31. The van der Waals surface area contributed by atoms with Crippen LogP contribution in [0.2, 0.25) is 0 Å². The van der Waals surface area contributed by atoms with Gasteiger partial charge in [0.25, 0.3) is 0 Å². The molecule has 138 valence electrons. The number of halogens is 1. The number of ether oxygens (including phenoxy) is 1. The summed E-state index contributed by atoms with van der Waals surface area (Å²) in [7, 11) is 3.85. The van der Waals surface area contributed by atoms with Gasteiger partial charge in [0.05, 0.1) is 22.7 Å². The summed E-state index contributed by atoms with van der Waals surface area (Å²) in [6.07, 6.45) is 2.62. The van der Waals surface area contributed by atoms with Crippen molar-refractivity contribution < 1.29 is 14.5 Å². The Hall–Kier alpha value is -2.72.